The number of esters is 1. The van der Waals surface area contributed by atoms with Gasteiger partial charge >= 0.3 is 5.97 Å². The molecular formula is C9H17NO3. The average Bonchev–Trinajstić information content (AvgIpc) is 2.89. The molecule has 76 valence electrons. The minimum atomic E-state index is -0.197. The highest BCUT2D eigenvalue weighted by atomic mass is 16.6. The van der Waals surface area contributed by atoms with Crippen molar-refractivity contribution in [2.24, 2.45) is 5.92 Å². The summed E-state index contributed by atoms with van der Waals surface area (Å²) in [7, 11) is 1.58. The molecule has 1 aliphatic carbocycles. The summed E-state index contributed by atoms with van der Waals surface area (Å²) in [4.78, 5) is 11.0. The van der Waals surface area contributed by atoms with Gasteiger partial charge in [0.25, 0.3) is 0 Å². The zero-order chi connectivity index (χ0) is 9.52. The molecule has 0 amide bonds. The Kier molecular flexibility index (Phi) is 4.78. The van der Waals surface area contributed by atoms with E-state index in [-0.39, 0.29) is 5.97 Å². The molecule has 1 fully saturated rings. The molecule has 0 bridgehead atoms. The van der Waals surface area contributed by atoms with Gasteiger partial charge in [-0.15, -0.1) is 0 Å². The zero-order valence-corrected chi connectivity index (χ0v) is 8.04. The van der Waals surface area contributed by atoms with E-state index in [9.17, 15) is 4.79 Å². The monoisotopic (exact) mass is 187 g/mol. The van der Waals surface area contributed by atoms with Crippen LogP contribution in [0.1, 0.15) is 12.8 Å². The number of hydrogen-bond donors (Lipinski definition) is 1. The van der Waals surface area contributed by atoms with E-state index in [0.29, 0.717) is 19.8 Å². The van der Waals surface area contributed by atoms with Gasteiger partial charge in [0.15, 0.2) is 0 Å². The third kappa shape index (κ3) is 5.60. The molecule has 0 atom stereocenters. The average molecular weight is 187 g/mol. The molecule has 0 aromatic heterocycles. The van der Waals surface area contributed by atoms with Gasteiger partial charge in [0, 0.05) is 7.11 Å². The summed E-state index contributed by atoms with van der Waals surface area (Å²) < 4.78 is 9.61. The maximum Gasteiger partial charge on any atom is 0.320 e. The maximum absolute atomic E-state index is 11.0. The predicted molar refractivity (Wildman–Crippen MR) is 48.4 cm³/mol. The van der Waals surface area contributed by atoms with Crippen molar-refractivity contribution in [2.75, 3.05) is 33.4 Å². The van der Waals surface area contributed by atoms with Crippen LogP contribution in [0.2, 0.25) is 0 Å². The van der Waals surface area contributed by atoms with Crippen LogP contribution < -0.4 is 5.32 Å². The first-order valence-corrected chi connectivity index (χ1v) is 4.68. The van der Waals surface area contributed by atoms with Crippen molar-refractivity contribution in [1.82, 2.24) is 5.32 Å². The summed E-state index contributed by atoms with van der Waals surface area (Å²) >= 11 is 0. The SMILES string of the molecule is COCCOC(=O)CNCC1CC1. The van der Waals surface area contributed by atoms with Gasteiger partial charge in [0.05, 0.1) is 13.2 Å². The van der Waals surface area contributed by atoms with Crippen molar-refractivity contribution < 1.29 is 14.3 Å². The molecular weight excluding hydrogens is 170 g/mol. The van der Waals surface area contributed by atoms with Gasteiger partial charge < -0.3 is 14.8 Å². The van der Waals surface area contributed by atoms with Gasteiger partial charge in [-0.25, -0.2) is 0 Å². The zero-order valence-electron chi connectivity index (χ0n) is 8.04. The second-order valence-corrected chi connectivity index (χ2v) is 3.29. The summed E-state index contributed by atoms with van der Waals surface area (Å²) in [6.07, 6.45) is 2.59. The van der Waals surface area contributed by atoms with Crippen LogP contribution >= 0.6 is 0 Å². The van der Waals surface area contributed by atoms with E-state index in [1.807, 2.05) is 0 Å². The van der Waals surface area contributed by atoms with E-state index < -0.39 is 0 Å². The molecule has 0 radical (unpaired) electrons. The van der Waals surface area contributed by atoms with Crippen LogP contribution in [0.3, 0.4) is 0 Å². The van der Waals surface area contributed by atoms with Crippen LogP contribution in [-0.2, 0) is 14.3 Å². The lowest BCUT2D eigenvalue weighted by atomic mass is 10.4. The Bertz CT molecular complexity index is 157. The highest BCUT2D eigenvalue weighted by molar-refractivity contribution is 5.71. The topological polar surface area (TPSA) is 47.6 Å². The molecule has 0 aromatic rings. The van der Waals surface area contributed by atoms with Crippen LogP contribution in [0.25, 0.3) is 0 Å². The predicted octanol–water partition coefficient (Wildman–Crippen LogP) is 0.176. The Morgan fingerprint density at radius 2 is 2.23 bits per heavy atom. The van der Waals surface area contributed by atoms with Crippen LogP contribution in [0.5, 0.6) is 0 Å². The molecule has 4 nitrogen and oxygen atoms in total. The van der Waals surface area contributed by atoms with Crippen molar-refractivity contribution in [3.63, 3.8) is 0 Å². The van der Waals surface area contributed by atoms with Gasteiger partial charge in [-0.2, -0.15) is 0 Å². The molecule has 0 unspecified atom stereocenters. The number of ether oxygens (including phenoxy) is 2. The molecule has 1 N–H and O–H groups in total. The smallest absolute Gasteiger partial charge is 0.320 e. The molecule has 0 heterocycles. The highest BCUT2D eigenvalue weighted by Crippen LogP contribution is 2.27. The summed E-state index contributed by atoms with van der Waals surface area (Å²) in [5.74, 6) is 0.601. The van der Waals surface area contributed by atoms with Crippen molar-refractivity contribution in [3.8, 4) is 0 Å². The molecule has 1 rings (SSSR count). The first-order valence-electron chi connectivity index (χ1n) is 4.68. The molecule has 0 aromatic carbocycles. The largest absolute Gasteiger partial charge is 0.462 e. The standard InChI is InChI=1S/C9H17NO3/c1-12-4-5-13-9(11)7-10-6-8-2-3-8/h8,10H,2-7H2,1H3. The number of rotatable bonds is 7. The Hall–Kier alpha value is -0.610. The minimum absolute atomic E-state index is 0.197. The van der Waals surface area contributed by atoms with Gasteiger partial charge in [-0.3, -0.25) is 4.79 Å². The minimum Gasteiger partial charge on any atom is -0.462 e. The number of carbonyl (C=O) groups is 1. The number of nitrogens with one attached hydrogen (secondary N) is 1. The Balaban J connectivity index is 1.84. The van der Waals surface area contributed by atoms with Crippen LogP contribution in [-0.4, -0.2) is 39.4 Å². The molecule has 0 spiro atoms. The first kappa shape index (κ1) is 10.5. The van der Waals surface area contributed by atoms with Crippen LogP contribution in [0.15, 0.2) is 0 Å². The molecule has 4 heteroatoms. The number of carbonyl (C=O) groups excluding carboxylic acids is 1. The van der Waals surface area contributed by atoms with Crippen molar-refractivity contribution in [3.05, 3.63) is 0 Å². The summed E-state index contributed by atoms with van der Waals surface area (Å²) in [6, 6.07) is 0. The molecule has 13 heavy (non-hydrogen) atoms. The Morgan fingerprint density at radius 3 is 2.85 bits per heavy atom. The van der Waals surface area contributed by atoms with E-state index in [4.69, 9.17) is 9.47 Å². The lowest BCUT2D eigenvalue weighted by Crippen LogP contribution is -2.27. The fourth-order valence-corrected chi connectivity index (χ4v) is 0.990. The van der Waals surface area contributed by atoms with Crippen molar-refractivity contribution in [1.29, 1.82) is 0 Å². The number of methoxy groups -OCH3 is 1. The lowest BCUT2D eigenvalue weighted by molar-refractivity contribution is -0.143. The molecule has 1 aliphatic rings. The lowest BCUT2D eigenvalue weighted by Gasteiger charge is -2.04. The van der Waals surface area contributed by atoms with Gasteiger partial charge in [0.2, 0.25) is 0 Å². The van der Waals surface area contributed by atoms with Gasteiger partial charge in [-0.05, 0) is 25.3 Å². The molecule has 0 aliphatic heterocycles. The Labute approximate surface area is 78.6 Å². The van der Waals surface area contributed by atoms with E-state index in [1.54, 1.807) is 7.11 Å². The first-order chi connectivity index (χ1) is 6.33. The normalized spacial score (nSPS) is 15.8. The summed E-state index contributed by atoms with van der Waals surface area (Å²) in [5.41, 5.74) is 0. The summed E-state index contributed by atoms with van der Waals surface area (Å²) in [5, 5.41) is 3.06. The van der Waals surface area contributed by atoms with Crippen molar-refractivity contribution in [2.45, 2.75) is 12.8 Å². The van der Waals surface area contributed by atoms with Gasteiger partial charge in [0.1, 0.15) is 6.61 Å². The fourth-order valence-electron chi connectivity index (χ4n) is 0.990. The van der Waals surface area contributed by atoms with E-state index >= 15 is 0 Å². The maximum atomic E-state index is 11.0. The van der Waals surface area contributed by atoms with E-state index in [2.05, 4.69) is 5.32 Å². The van der Waals surface area contributed by atoms with Crippen LogP contribution in [0.4, 0.5) is 0 Å². The summed E-state index contributed by atoms with van der Waals surface area (Å²) in [6.45, 7) is 2.08. The van der Waals surface area contributed by atoms with Gasteiger partial charge in [-0.1, -0.05) is 0 Å². The van der Waals surface area contributed by atoms with E-state index in [1.165, 1.54) is 12.8 Å². The third-order valence-corrected chi connectivity index (χ3v) is 1.95. The number of hydrogen-bond acceptors (Lipinski definition) is 4. The molecule has 1 saturated carbocycles. The quantitative estimate of drug-likeness (QED) is 0.456. The third-order valence-electron chi connectivity index (χ3n) is 1.95. The van der Waals surface area contributed by atoms with Crippen molar-refractivity contribution >= 4 is 5.97 Å². The highest BCUT2D eigenvalue weighted by Gasteiger charge is 2.20. The fraction of sp³-hybridized carbons (Fsp3) is 0.889. The van der Waals surface area contributed by atoms with Crippen LogP contribution in [0, 0.1) is 5.92 Å². The molecule has 0 saturated heterocycles. The Morgan fingerprint density at radius 1 is 1.46 bits per heavy atom. The second kappa shape index (κ2) is 5.94. The second-order valence-electron chi connectivity index (χ2n) is 3.29. The van der Waals surface area contributed by atoms with E-state index in [0.717, 1.165) is 12.5 Å².